The normalized spacial score (nSPS) is 21.4. The van der Waals surface area contributed by atoms with Gasteiger partial charge in [0.25, 0.3) is 0 Å². The maximum Gasteiger partial charge on any atom is 0.237 e. The van der Waals surface area contributed by atoms with Gasteiger partial charge in [0.05, 0.1) is 24.9 Å². The Morgan fingerprint density at radius 1 is 1.43 bits per heavy atom. The molecule has 1 aliphatic heterocycles. The zero-order chi connectivity index (χ0) is 16.4. The minimum Gasteiger partial charge on any atom is -0.326 e. The first-order valence-electron chi connectivity index (χ1n) is 8.45. The quantitative estimate of drug-likeness (QED) is 0.849. The minimum atomic E-state index is -0.585. The van der Waals surface area contributed by atoms with E-state index >= 15 is 0 Å². The number of likely N-dealkylation sites (N-methyl/N-ethyl adjacent to an activating group) is 1. The number of aromatic nitrogens is 2. The lowest BCUT2D eigenvalue weighted by Crippen LogP contribution is -2.56. The van der Waals surface area contributed by atoms with Crippen LogP contribution in [0.25, 0.3) is 0 Å². The number of carbonyl (C=O) groups excluding carboxylic acids is 1. The molecule has 6 nitrogen and oxygen atoms in total. The van der Waals surface area contributed by atoms with E-state index < -0.39 is 5.54 Å². The maximum atomic E-state index is 12.6. The SMILES string of the molecule is Cc1cnn(C2CN(CC(=O)N(C)C3(C#N)CCCCC3)C2)c1. The van der Waals surface area contributed by atoms with E-state index in [-0.39, 0.29) is 5.91 Å². The third-order valence-corrected chi connectivity index (χ3v) is 5.31. The summed E-state index contributed by atoms with van der Waals surface area (Å²) >= 11 is 0. The minimum absolute atomic E-state index is 0.0588. The number of hydrogen-bond acceptors (Lipinski definition) is 4. The van der Waals surface area contributed by atoms with Crippen LogP contribution >= 0.6 is 0 Å². The van der Waals surface area contributed by atoms with Gasteiger partial charge < -0.3 is 4.90 Å². The van der Waals surface area contributed by atoms with E-state index in [1.54, 1.807) is 11.9 Å². The molecular weight excluding hydrogens is 290 g/mol. The summed E-state index contributed by atoms with van der Waals surface area (Å²) in [4.78, 5) is 16.4. The number of nitrogens with zero attached hydrogens (tertiary/aromatic N) is 5. The monoisotopic (exact) mass is 315 g/mol. The first-order chi connectivity index (χ1) is 11.0. The first kappa shape index (κ1) is 16.0. The van der Waals surface area contributed by atoms with Crippen LogP contribution in [0.2, 0.25) is 0 Å². The summed E-state index contributed by atoms with van der Waals surface area (Å²) in [7, 11) is 1.80. The smallest absolute Gasteiger partial charge is 0.237 e. The molecule has 2 heterocycles. The highest BCUT2D eigenvalue weighted by molar-refractivity contribution is 5.79. The topological polar surface area (TPSA) is 65.2 Å². The second-order valence-corrected chi connectivity index (χ2v) is 7.00. The Morgan fingerprint density at radius 3 is 2.70 bits per heavy atom. The number of hydrogen-bond donors (Lipinski definition) is 0. The van der Waals surface area contributed by atoms with Gasteiger partial charge in [0.1, 0.15) is 5.54 Å². The highest BCUT2D eigenvalue weighted by Crippen LogP contribution is 2.32. The number of amides is 1. The van der Waals surface area contributed by atoms with E-state index in [4.69, 9.17) is 0 Å². The number of rotatable bonds is 4. The molecule has 0 spiro atoms. The van der Waals surface area contributed by atoms with Crippen molar-refractivity contribution < 1.29 is 4.79 Å². The largest absolute Gasteiger partial charge is 0.326 e. The Balaban J connectivity index is 1.53. The second kappa shape index (κ2) is 6.32. The molecule has 3 rings (SSSR count). The van der Waals surface area contributed by atoms with Crippen LogP contribution in [-0.2, 0) is 4.79 Å². The molecule has 23 heavy (non-hydrogen) atoms. The van der Waals surface area contributed by atoms with Crippen molar-refractivity contribution in [3.05, 3.63) is 18.0 Å². The molecule has 0 N–H and O–H groups in total. The molecule has 124 valence electrons. The van der Waals surface area contributed by atoms with Crippen LogP contribution in [0.15, 0.2) is 12.4 Å². The molecule has 0 bridgehead atoms. The van der Waals surface area contributed by atoms with Gasteiger partial charge in [-0.1, -0.05) is 19.3 Å². The van der Waals surface area contributed by atoms with Gasteiger partial charge in [0.15, 0.2) is 0 Å². The summed E-state index contributed by atoms with van der Waals surface area (Å²) in [5.41, 5.74) is 0.575. The fourth-order valence-corrected chi connectivity index (χ4v) is 3.67. The van der Waals surface area contributed by atoms with Crippen molar-refractivity contribution in [2.75, 3.05) is 26.7 Å². The van der Waals surface area contributed by atoms with Gasteiger partial charge in [-0.2, -0.15) is 10.4 Å². The highest BCUT2D eigenvalue weighted by Gasteiger charge is 2.40. The molecule has 0 aromatic carbocycles. The zero-order valence-electron chi connectivity index (χ0n) is 14.0. The molecule has 0 radical (unpaired) electrons. The molecule has 2 aliphatic rings. The molecule has 1 saturated heterocycles. The summed E-state index contributed by atoms with van der Waals surface area (Å²) < 4.78 is 1.98. The van der Waals surface area contributed by atoms with E-state index in [9.17, 15) is 10.1 Å². The Hall–Kier alpha value is -1.87. The van der Waals surface area contributed by atoms with Crippen LogP contribution in [0, 0.1) is 18.3 Å². The average Bonchev–Trinajstić information content (AvgIpc) is 2.96. The molecule has 6 heteroatoms. The van der Waals surface area contributed by atoms with Crippen molar-refractivity contribution in [2.45, 2.75) is 50.6 Å². The van der Waals surface area contributed by atoms with Crippen LogP contribution in [0.4, 0.5) is 0 Å². The Labute approximate surface area is 137 Å². The van der Waals surface area contributed by atoms with E-state index in [2.05, 4.69) is 16.1 Å². The average molecular weight is 315 g/mol. The van der Waals surface area contributed by atoms with Gasteiger partial charge in [-0.25, -0.2) is 0 Å². The molecule has 1 amide bonds. The van der Waals surface area contributed by atoms with Crippen molar-refractivity contribution >= 4 is 5.91 Å². The molecule has 0 atom stereocenters. The Bertz CT molecular complexity index is 605. The second-order valence-electron chi connectivity index (χ2n) is 7.00. The van der Waals surface area contributed by atoms with E-state index in [1.165, 1.54) is 6.42 Å². The summed E-state index contributed by atoms with van der Waals surface area (Å²) in [5.74, 6) is 0.0588. The lowest BCUT2D eigenvalue weighted by Gasteiger charge is -2.43. The lowest BCUT2D eigenvalue weighted by atomic mass is 9.81. The molecule has 1 saturated carbocycles. The van der Waals surface area contributed by atoms with Crippen molar-refractivity contribution in [2.24, 2.45) is 0 Å². The predicted octanol–water partition coefficient (Wildman–Crippen LogP) is 1.73. The molecule has 1 aliphatic carbocycles. The van der Waals surface area contributed by atoms with Gasteiger partial charge in [-0.05, 0) is 25.3 Å². The molecular formula is C17H25N5O. The van der Waals surface area contributed by atoms with Crippen molar-refractivity contribution in [3.8, 4) is 6.07 Å². The molecule has 1 aromatic heterocycles. The number of nitriles is 1. The van der Waals surface area contributed by atoms with Gasteiger partial charge in [-0.3, -0.25) is 14.4 Å². The highest BCUT2D eigenvalue weighted by atomic mass is 16.2. The maximum absolute atomic E-state index is 12.6. The molecule has 2 fully saturated rings. The molecule has 0 unspecified atom stereocenters. The predicted molar refractivity (Wildman–Crippen MR) is 86.6 cm³/mol. The third kappa shape index (κ3) is 3.11. The van der Waals surface area contributed by atoms with Gasteiger partial charge in [-0.15, -0.1) is 0 Å². The third-order valence-electron chi connectivity index (χ3n) is 5.31. The number of aryl methyl sites for hydroxylation is 1. The summed E-state index contributed by atoms with van der Waals surface area (Å²) in [6, 6.07) is 2.78. The summed E-state index contributed by atoms with van der Waals surface area (Å²) in [5, 5.41) is 13.9. The fourth-order valence-electron chi connectivity index (χ4n) is 3.67. The fraction of sp³-hybridized carbons (Fsp3) is 0.706. The van der Waals surface area contributed by atoms with Gasteiger partial charge >= 0.3 is 0 Å². The Kier molecular flexibility index (Phi) is 4.40. The van der Waals surface area contributed by atoms with Crippen LogP contribution in [0.3, 0.4) is 0 Å². The van der Waals surface area contributed by atoms with Crippen molar-refractivity contribution in [1.82, 2.24) is 19.6 Å². The molecule has 1 aromatic rings. The summed E-state index contributed by atoms with van der Waals surface area (Å²) in [6.07, 6.45) is 8.76. The van der Waals surface area contributed by atoms with Crippen LogP contribution in [0.1, 0.15) is 43.7 Å². The van der Waals surface area contributed by atoms with E-state index in [0.717, 1.165) is 44.3 Å². The number of likely N-dealkylation sites (tertiary alicyclic amines) is 1. The Morgan fingerprint density at radius 2 is 2.13 bits per heavy atom. The van der Waals surface area contributed by atoms with Crippen LogP contribution in [0.5, 0.6) is 0 Å². The van der Waals surface area contributed by atoms with E-state index in [1.807, 2.05) is 24.0 Å². The van der Waals surface area contributed by atoms with E-state index in [0.29, 0.717) is 12.6 Å². The zero-order valence-corrected chi connectivity index (χ0v) is 14.0. The summed E-state index contributed by atoms with van der Waals surface area (Å²) in [6.45, 7) is 4.13. The number of carbonyl (C=O) groups is 1. The standard InChI is InChI=1S/C17H25N5O/c1-14-8-19-22(9-14)15-10-21(11-15)12-16(23)20(2)17(13-18)6-4-3-5-7-17/h8-9,15H,3-7,10-12H2,1-2H3. The lowest BCUT2D eigenvalue weighted by molar-refractivity contribution is -0.137. The van der Waals surface area contributed by atoms with Crippen molar-refractivity contribution in [3.63, 3.8) is 0 Å². The van der Waals surface area contributed by atoms with Crippen molar-refractivity contribution in [1.29, 1.82) is 5.26 Å². The van der Waals surface area contributed by atoms with Crippen LogP contribution in [-0.4, -0.2) is 57.7 Å². The van der Waals surface area contributed by atoms with Crippen LogP contribution < -0.4 is 0 Å². The van der Waals surface area contributed by atoms with Gasteiger partial charge in [0.2, 0.25) is 5.91 Å². The van der Waals surface area contributed by atoms with Gasteiger partial charge in [0, 0.05) is 26.3 Å². The first-order valence-corrected chi connectivity index (χ1v) is 8.45.